The van der Waals surface area contributed by atoms with Gasteiger partial charge in [0.2, 0.25) is 0 Å². The van der Waals surface area contributed by atoms with E-state index in [0.717, 1.165) is 19.4 Å². The van der Waals surface area contributed by atoms with Crippen molar-refractivity contribution in [3.8, 4) is 0 Å². The van der Waals surface area contributed by atoms with Gasteiger partial charge in [0.1, 0.15) is 0 Å². The molecule has 1 heteroatoms. The highest BCUT2D eigenvalue weighted by molar-refractivity contribution is 4.81. The third-order valence-electron chi connectivity index (χ3n) is 0.667. The van der Waals surface area contributed by atoms with Crippen LogP contribution in [0.5, 0.6) is 0 Å². The molecule has 0 aromatic rings. The van der Waals surface area contributed by atoms with E-state index in [4.69, 9.17) is 5.73 Å². The molecule has 0 spiro atoms. The summed E-state index contributed by atoms with van der Waals surface area (Å²) in [7, 11) is 0. The van der Waals surface area contributed by atoms with Gasteiger partial charge in [0, 0.05) is 0 Å². The lowest BCUT2D eigenvalue weighted by Crippen LogP contribution is -1.94. The molecule has 0 aliphatic heterocycles. The molecule has 0 unspecified atom stereocenters. The van der Waals surface area contributed by atoms with Gasteiger partial charge in [-0.25, -0.2) is 0 Å². The first-order valence-electron chi connectivity index (χ1n) is 2.56. The van der Waals surface area contributed by atoms with Crippen LogP contribution in [-0.2, 0) is 0 Å². The molecular weight excluding hydrogens is 86.1 g/mol. The zero-order chi connectivity index (χ0) is 5.54. The van der Waals surface area contributed by atoms with Crippen molar-refractivity contribution in [1.82, 2.24) is 0 Å². The first-order valence-corrected chi connectivity index (χ1v) is 2.56. The average Bonchev–Trinajstić information content (AvgIpc) is 1.69. The molecule has 7 heavy (non-hydrogen) atoms. The van der Waals surface area contributed by atoms with Gasteiger partial charge in [-0.15, -0.1) is 0 Å². The molecule has 0 atom stereocenters. The maximum Gasteiger partial charge on any atom is -0.00426 e. The van der Waals surface area contributed by atoms with Crippen LogP contribution in [0.1, 0.15) is 12.8 Å². The fourth-order valence-electron chi connectivity index (χ4n) is 0.332. The van der Waals surface area contributed by atoms with Crippen LogP contribution in [0.3, 0.4) is 0 Å². The zero-order valence-corrected chi connectivity index (χ0v) is 4.56. The molecule has 1 nitrogen and oxygen atoms in total. The van der Waals surface area contributed by atoms with E-state index in [1.54, 1.807) is 0 Å². The number of hydrogen-bond donors (Lipinski definition) is 1. The molecule has 0 heterocycles. The minimum absolute atomic E-state index is 0.747. The summed E-state index contributed by atoms with van der Waals surface area (Å²) in [6.07, 6.45) is 5.93. The van der Waals surface area contributed by atoms with Crippen molar-refractivity contribution in [2.75, 3.05) is 6.54 Å². The highest BCUT2D eigenvalue weighted by Gasteiger charge is 1.67. The SMILES string of the molecule is [CH2]C/C=C\CCN. The number of hydrogen-bond acceptors (Lipinski definition) is 1. The van der Waals surface area contributed by atoms with Crippen LogP contribution in [0.4, 0.5) is 0 Å². The van der Waals surface area contributed by atoms with Crippen molar-refractivity contribution in [3.05, 3.63) is 19.1 Å². The zero-order valence-electron chi connectivity index (χ0n) is 4.56. The second kappa shape index (κ2) is 5.70. The second-order valence-electron chi connectivity index (χ2n) is 1.34. The van der Waals surface area contributed by atoms with E-state index in [9.17, 15) is 0 Å². The quantitative estimate of drug-likeness (QED) is 0.526. The minimum Gasteiger partial charge on any atom is -0.330 e. The van der Waals surface area contributed by atoms with Gasteiger partial charge in [0.05, 0.1) is 0 Å². The van der Waals surface area contributed by atoms with Gasteiger partial charge in [0.15, 0.2) is 0 Å². The Morgan fingerprint density at radius 1 is 1.43 bits per heavy atom. The number of nitrogens with two attached hydrogens (primary N) is 1. The first-order chi connectivity index (χ1) is 3.41. The molecule has 0 aliphatic carbocycles. The molecule has 0 fully saturated rings. The minimum atomic E-state index is 0.747. The molecule has 0 aromatic carbocycles. The summed E-state index contributed by atoms with van der Waals surface area (Å²) in [5, 5.41) is 0. The predicted octanol–water partition coefficient (Wildman–Crippen LogP) is 1.12. The summed E-state index contributed by atoms with van der Waals surface area (Å²) in [4.78, 5) is 0. The van der Waals surface area contributed by atoms with E-state index in [1.165, 1.54) is 0 Å². The Morgan fingerprint density at radius 2 is 2.14 bits per heavy atom. The molecule has 1 radical (unpaired) electrons. The van der Waals surface area contributed by atoms with Crippen LogP contribution >= 0.6 is 0 Å². The third-order valence-corrected chi connectivity index (χ3v) is 0.667. The fraction of sp³-hybridized carbons (Fsp3) is 0.500. The Morgan fingerprint density at radius 3 is 2.57 bits per heavy atom. The van der Waals surface area contributed by atoms with E-state index in [2.05, 4.69) is 6.92 Å². The van der Waals surface area contributed by atoms with Gasteiger partial charge >= 0.3 is 0 Å². The van der Waals surface area contributed by atoms with Crippen molar-refractivity contribution < 1.29 is 0 Å². The topological polar surface area (TPSA) is 26.0 Å². The Bertz CT molecular complexity index is 48.1. The Labute approximate surface area is 45.2 Å². The van der Waals surface area contributed by atoms with E-state index < -0.39 is 0 Å². The van der Waals surface area contributed by atoms with Gasteiger partial charge in [-0.2, -0.15) is 0 Å². The summed E-state index contributed by atoms with van der Waals surface area (Å²) >= 11 is 0. The smallest absolute Gasteiger partial charge is 0.00426 e. The largest absolute Gasteiger partial charge is 0.330 e. The molecular formula is C6H12N. The van der Waals surface area contributed by atoms with Crippen LogP contribution in [0.2, 0.25) is 0 Å². The maximum absolute atomic E-state index is 5.20. The molecule has 0 aromatic heterocycles. The second-order valence-corrected chi connectivity index (χ2v) is 1.34. The maximum atomic E-state index is 5.20. The van der Waals surface area contributed by atoms with Crippen molar-refractivity contribution in [2.45, 2.75) is 12.8 Å². The van der Waals surface area contributed by atoms with Crippen LogP contribution in [0, 0.1) is 6.92 Å². The number of rotatable bonds is 3. The molecule has 0 bridgehead atoms. The van der Waals surface area contributed by atoms with E-state index >= 15 is 0 Å². The molecule has 0 aliphatic rings. The standard InChI is InChI=1S/C6H12N/c1-2-3-4-5-6-7/h3-4H,1-2,5-7H2/b4-3-. The lowest BCUT2D eigenvalue weighted by atomic mass is 10.3. The number of allylic oxidation sites excluding steroid dienone is 1. The summed E-state index contributed by atoms with van der Waals surface area (Å²) in [6.45, 7) is 4.38. The monoisotopic (exact) mass is 98.1 g/mol. The predicted molar refractivity (Wildman–Crippen MR) is 32.8 cm³/mol. The Kier molecular flexibility index (Phi) is 5.46. The van der Waals surface area contributed by atoms with Crippen molar-refractivity contribution in [3.63, 3.8) is 0 Å². The van der Waals surface area contributed by atoms with Crippen LogP contribution < -0.4 is 5.73 Å². The van der Waals surface area contributed by atoms with Crippen molar-refractivity contribution >= 4 is 0 Å². The summed E-state index contributed by atoms with van der Waals surface area (Å²) < 4.78 is 0. The first kappa shape index (κ1) is 6.70. The van der Waals surface area contributed by atoms with E-state index in [0.29, 0.717) is 0 Å². The Balaban J connectivity index is 2.78. The molecule has 0 saturated carbocycles. The molecule has 0 amide bonds. The lowest BCUT2D eigenvalue weighted by molar-refractivity contribution is 1.00. The molecule has 0 rings (SSSR count). The van der Waals surface area contributed by atoms with Crippen molar-refractivity contribution in [1.29, 1.82) is 0 Å². The van der Waals surface area contributed by atoms with Crippen LogP contribution in [-0.4, -0.2) is 6.54 Å². The van der Waals surface area contributed by atoms with Gasteiger partial charge in [-0.1, -0.05) is 12.2 Å². The molecule has 2 N–H and O–H groups in total. The third kappa shape index (κ3) is 5.70. The van der Waals surface area contributed by atoms with Gasteiger partial charge < -0.3 is 5.73 Å². The van der Waals surface area contributed by atoms with Gasteiger partial charge in [-0.05, 0) is 26.3 Å². The lowest BCUT2D eigenvalue weighted by Gasteiger charge is -1.80. The highest BCUT2D eigenvalue weighted by Crippen LogP contribution is 1.81. The molecule has 41 valence electrons. The molecule has 0 saturated heterocycles. The van der Waals surface area contributed by atoms with Gasteiger partial charge in [0.25, 0.3) is 0 Å². The normalized spacial score (nSPS) is 10.6. The van der Waals surface area contributed by atoms with Crippen molar-refractivity contribution in [2.24, 2.45) is 5.73 Å². The van der Waals surface area contributed by atoms with E-state index in [1.807, 2.05) is 12.2 Å². The van der Waals surface area contributed by atoms with Gasteiger partial charge in [-0.3, -0.25) is 0 Å². The summed E-state index contributed by atoms with van der Waals surface area (Å²) in [6, 6.07) is 0. The average molecular weight is 98.2 g/mol. The van der Waals surface area contributed by atoms with Crippen LogP contribution in [0.15, 0.2) is 12.2 Å². The summed E-state index contributed by atoms with van der Waals surface area (Å²) in [5.74, 6) is 0. The summed E-state index contributed by atoms with van der Waals surface area (Å²) in [5.41, 5.74) is 5.20. The van der Waals surface area contributed by atoms with Crippen LogP contribution in [0.25, 0.3) is 0 Å². The Hall–Kier alpha value is -0.300. The fourth-order valence-corrected chi connectivity index (χ4v) is 0.332. The highest BCUT2D eigenvalue weighted by atomic mass is 14.5. The van der Waals surface area contributed by atoms with E-state index in [-0.39, 0.29) is 0 Å².